The number of aliphatic hydroxyl groups excluding tert-OH is 1. The number of pyridine rings is 1. The number of aryl methyl sites for hydroxylation is 2. The average Bonchev–Trinajstić information content (AvgIpc) is 3.36. The van der Waals surface area contributed by atoms with E-state index in [1.807, 2.05) is 36.9 Å². The first-order chi connectivity index (χ1) is 18.4. The summed E-state index contributed by atoms with van der Waals surface area (Å²) in [5.74, 6) is 0.146. The van der Waals surface area contributed by atoms with Crippen LogP contribution >= 0.6 is 11.6 Å². The lowest BCUT2D eigenvalue weighted by atomic mass is 10.0. The number of hydrogen-bond donors (Lipinski definition) is 2. The Morgan fingerprint density at radius 2 is 2.00 bits per heavy atom. The number of aromatic nitrogens is 8. The zero-order valence-electron chi connectivity index (χ0n) is 21.0. The van der Waals surface area contributed by atoms with Crippen molar-refractivity contribution in [3.63, 3.8) is 0 Å². The van der Waals surface area contributed by atoms with Gasteiger partial charge < -0.3 is 10.4 Å². The number of carbonyl (C=O) groups excluding carboxylic acids is 1. The van der Waals surface area contributed by atoms with Gasteiger partial charge in [0.25, 0.3) is 5.91 Å². The monoisotopic (exact) mass is 531 g/mol. The number of fused-ring (bicyclic) bond motifs is 1. The smallest absolute Gasteiger partial charge is 0.259 e. The molecule has 38 heavy (non-hydrogen) atoms. The highest BCUT2D eigenvalue weighted by Gasteiger charge is 2.27. The molecule has 1 fully saturated rings. The quantitative estimate of drug-likeness (QED) is 0.308. The summed E-state index contributed by atoms with van der Waals surface area (Å²) in [4.78, 5) is 15.0. The third kappa shape index (κ3) is 4.44. The van der Waals surface area contributed by atoms with Crippen molar-refractivity contribution < 1.29 is 9.90 Å². The van der Waals surface area contributed by atoms with Crippen LogP contribution in [0.5, 0.6) is 0 Å². The second kappa shape index (κ2) is 9.66. The van der Waals surface area contributed by atoms with E-state index in [0.29, 0.717) is 52.2 Å². The summed E-state index contributed by atoms with van der Waals surface area (Å²) in [6, 6.07) is 9.48. The third-order valence-electron chi connectivity index (χ3n) is 6.74. The molecule has 0 unspecified atom stereocenters. The highest BCUT2D eigenvalue weighted by atomic mass is 35.5. The number of amides is 1. The first kappa shape index (κ1) is 24.3. The van der Waals surface area contributed by atoms with Crippen LogP contribution in [0.25, 0.3) is 28.0 Å². The summed E-state index contributed by atoms with van der Waals surface area (Å²) in [5.41, 5.74) is 6.04. The summed E-state index contributed by atoms with van der Waals surface area (Å²) in [6.07, 6.45) is 6.12. The van der Waals surface area contributed by atoms with E-state index in [0.717, 1.165) is 35.4 Å². The maximum Gasteiger partial charge on any atom is 0.259 e. The van der Waals surface area contributed by atoms with Gasteiger partial charge in [0.1, 0.15) is 0 Å². The zero-order chi connectivity index (χ0) is 26.4. The summed E-state index contributed by atoms with van der Waals surface area (Å²) in [5, 5.41) is 34.3. The topological polar surface area (TPSA) is 128 Å². The van der Waals surface area contributed by atoms with E-state index in [-0.39, 0.29) is 12.5 Å². The standard InChI is InChI=1S/C26H26ClN9O2/c1-15-24(16(2)34(31-15)9-3-11-37)17-8-10-35-23(13-17)20(14-28-35)26(38)29-22-12-18(4-7-21(22)27)25-30-33-36(32-25)19-5-6-19/h4,7-8,10,12-14,19,37H,3,5-6,9,11H2,1-2H3,(H,29,38). The molecule has 2 N–H and O–H groups in total. The minimum atomic E-state index is -0.335. The zero-order valence-corrected chi connectivity index (χ0v) is 21.7. The normalized spacial score (nSPS) is 13.4. The molecule has 1 aliphatic rings. The van der Waals surface area contributed by atoms with Gasteiger partial charge in [-0.1, -0.05) is 11.6 Å². The minimum absolute atomic E-state index is 0.109. The first-order valence-electron chi connectivity index (χ1n) is 12.5. The van der Waals surface area contributed by atoms with E-state index in [1.54, 1.807) is 33.7 Å². The van der Waals surface area contributed by atoms with Gasteiger partial charge in [-0.25, -0.2) is 4.52 Å². The molecular formula is C26H26ClN9O2. The van der Waals surface area contributed by atoms with Crippen LogP contribution in [-0.4, -0.2) is 57.2 Å². The largest absolute Gasteiger partial charge is 0.396 e. The summed E-state index contributed by atoms with van der Waals surface area (Å²) in [6.45, 7) is 4.71. The van der Waals surface area contributed by atoms with Crippen LogP contribution in [0.15, 0.2) is 42.7 Å². The summed E-state index contributed by atoms with van der Waals surface area (Å²) >= 11 is 6.43. The molecule has 0 aliphatic heterocycles. The van der Waals surface area contributed by atoms with Crippen molar-refractivity contribution in [1.82, 2.24) is 39.6 Å². The van der Waals surface area contributed by atoms with Crippen molar-refractivity contribution in [2.24, 2.45) is 0 Å². The fourth-order valence-electron chi connectivity index (χ4n) is 4.61. The van der Waals surface area contributed by atoms with Crippen LogP contribution in [0.4, 0.5) is 5.69 Å². The highest BCUT2D eigenvalue weighted by Crippen LogP contribution is 2.34. The van der Waals surface area contributed by atoms with E-state index in [4.69, 9.17) is 11.6 Å². The Morgan fingerprint density at radius 1 is 1.16 bits per heavy atom. The summed E-state index contributed by atoms with van der Waals surface area (Å²) in [7, 11) is 0. The molecule has 12 heteroatoms. The van der Waals surface area contributed by atoms with E-state index >= 15 is 0 Å². The molecule has 0 atom stereocenters. The predicted octanol–water partition coefficient (Wildman–Crippen LogP) is 4.09. The molecule has 194 valence electrons. The fourth-order valence-corrected chi connectivity index (χ4v) is 4.78. The van der Waals surface area contributed by atoms with Crippen LogP contribution < -0.4 is 5.32 Å². The average molecular weight is 532 g/mol. The van der Waals surface area contributed by atoms with E-state index in [9.17, 15) is 9.90 Å². The van der Waals surface area contributed by atoms with Crippen LogP contribution in [0, 0.1) is 13.8 Å². The third-order valence-corrected chi connectivity index (χ3v) is 7.07. The van der Waals surface area contributed by atoms with E-state index < -0.39 is 0 Å². The van der Waals surface area contributed by atoms with Gasteiger partial charge in [-0.3, -0.25) is 9.48 Å². The fraction of sp³-hybridized carbons (Fsp3) is 0.308. The van der Waals surface area contributed by atoms with Gasteiger partial charge in [0, 0.05) is 36.2 Å². The molecule has 6 rings (SSSR count). The molecule has 0 spiro atoms. The Labute approximate surface area is 223 Å². The van der Waals surface area contributed by atoms with Crippen LogP contribution in [0.2, 0.25) is 5.02 Å². The number of aliphatic hydroxyl groups is 1. The van der Waals surface area contributed by atoms with Gasteiger partial charge in [0.2, 0.25) is 5.82 Å². The molecular weight excluding hydrogens is 506 g/mol. The lowest BCUT2D eigenvalue weighted by Gasteiger charge is -2.09. The van der Waals surface area contributed by atoms with Gasteiger partial charge in [0.15, 0.2) is 0 Å². The SMILES string of the molecule is Cc1nn(CCCO)c(C)c1-c1ccn2ncc(C(=O)Nc3cc(-c4nnn(C5CC5)n4)ccc3Cl)c2c1. The molecule has 5 aromatic rings. The Bertz CT molecular complexity index is 1660. The molecule has 11 nitrogen and oxygen atoms in total. The number of benzene rings is 1. The van der Waals surface area contributed by atoms with Crippen LogP contribution in [0.1, 0.15) is 47.1 Å². The Hall–Kier alpha value is -4.09. The molecule has 1 amide bonds. The lowest BCUT2D eigenvalue weighted by Crippen LogP contribution is -2.12. The van der Waals surface area contributed by atoms with Gasteiger partial charge in [0.05, 0.1) is 39.7 Å². The maximum absolute atomic E-state index is 13.4. The second-order valence-corrected chi connectivity index (χ2v) is 9.87. The molecule has 4 aromatic heterocycles. The van der Waals surface area contributed by atoms with Gasteiger partial charge in [-0.05, 0) is 74.2 Å². The summed E-state index contributed by atoms with van der Waals surface area (Å²) < 4.78 is 3.57. The van der Waals surface area contributed by atoms with Crippen molar-refractivity contribution in [3.8, 4) is 22.5 Å². The van der Waals surface area contributed by atoms with Gasteiger partial charge >= 0.3 is 0 Å². The number of tetrazole rings is 1. The molecule has 0 radical (unpaired) electrons. The van der Waals surface area contributed by atoms with Crippen molar-refractivity contribution in [2.45, 2.75) is 45.7 Å². The lowest BCUT2D eigenvalue weighted by molar-refractivity contribution is 0.102. The number of anilines is 1. The number of rotatable bonds is 8. The van der Waals surface area contributed by atoms with Gasteiger partial charge in [-0.15, -0.1) is 10.2 Å². The molecule has 1 aromatic carbocycles. The van der Waals surface area contributed by atoms with Crippen molar-refractivity contribution in [2.75, 3.05) is 11.9 Å². The van der Waals surface area contributed by atoms with Gasteiger partial charge in [-0.2, -0.15) is 15.0 Å². The number of hydrogen-bond acceptors (Lipinski definition) is 7. The molecule has 4 heterocycles. The van der Waals surface area contributed by atoms with Crippen LogP contribution in [0.3, 0.4) is 0 Å². The number of halogens is 1. The molecule has 1 aliphatic carbocycles. The molecule has 0 bridgehead atoms. The highest BCUT2D eigenvalue weighted by molar-refractivity contribution is 6.34. The number of nitrogens with zero attached hydrogens (tertiary/aromatic N) is 8. The Morgan fingerprint density at radius 3 is 2.79 bits per heavy atom. The van der Waals surface area contributed by atoms with Crippen molar-refractivity contribution >= 4 is 28.7 Å². The minimum Gasteiger partial charge on any atom is -0.396 e. The maximum atomic E-state index is 13.4. The molecule has 1 saturated carbocycles. The van der Waals surface area contributed by atoms with Crippen LogP contribution in [-0.2, 0) is 6.54 Å². The van der Waals surface area contributed by atoms with E-state index in [1.165, 1.54) is 0 Å². The first-order valence-corrected chi connectivity index (χ1v) is 12.8. The van der Waals surface area contributed by atoms with Crippen molar-refractivity contribution in [3.05, 3.63) is 64.7 Å². The second-order valence-electron chi connectivity index (χ2n) is 9.46. The van der Waals surface area contributed by atoms with E-state index in [2.05, 4.69) is 30.9 Å². The number of nitrogens with one attached hydrogen (secondary N) is 1. The molecule has 0 saturated heterocycles. The number of carbonyl (C=O) groups is 1. The van der Waals surface area contributed by atoms with Crippen molar-refractivity contribution in [1.29, 1.82) is 0 Å². The Kier molecular flexibility index (Phi) is 6.16. The predicted molar refractivity (Wildman–Crippen MR) is 142 cm³/mol. The Balaban J connectivity index is 1.29.